The molecule has 0 saturated carbocycles. The van der Waals surface area contributed by atoms with Gasteiger partial charge in [0.2, 0.25) is 0 Å². The number of thiophene rings is 1. The average molecular weight is 339 g/mol. The van der Waals surface area contributed by atoms with Crippen molar-refractivity contribution in [3.63, 3.8) is 0 Å². The molecule has 3 N–H and O–H groups in total. The van der Waals surface area contributed by atoms with Gasteiger partial charge in [-0.15, -0.1) is 11.3 Å². The van der Waals surface area contributed by atoms with Crippen molar-refractivity contribution in [1.29, 1.82) is 0 Å². The number of nitrogens with one attached hydrogen (secondary N) is 3. The van der Waals surface area contributed by atoms with Gasteiger partial charge in [0.25, 0.3) is 11.8 Å². The molecule has 0 fully saturated rings. The SMILES string of the molecule is O=C(NNC(=O)c1c[nH]c2ccccc12)c1cc2c(s1)CCCC2. The van der Waals surface area contributed by atoms with Gasteiger partial charge < -0.3 is 4.98 Å². The smallest absolute Gasteiger partial charge is 0.279 e. The minimum absolute atomic E-state index is 0.261. The summed E-state index contributed by atoms with van der Waals surface area (Å²) >= 11 is 1.53. The van der Waals surface area contributed by atoms with Crippen LogP contribution in [-0.2, 0) is 12.8 Å². The number of hydrazine groups is 1. The largest absolute Gasteiger partial charge is 0.360 e. The predicted molar refractivity (Wildman–Crippen MR) is 94.2 cm³/mol. The predicted octanol–water partition coefficient (Wildman–Crippen LogP) is 3.18. The van der Waals surface area contributed by atoms with Crippen LogP contribution in [0.5, 0.6) is 0 Å². The fourth-order valence-electron chi connectivity index (χ4n) is 3.10. The lowest BCUT2D eigenvalue weighted by Gasteiger charge is -2.08. The number of aromatic amines is 1. The van der Waals surface area contributed by atoms with Crippen molar-refractivity contribution in [2.24, 2.45) is 0 Å². The molecule has 2 amide bonds. The van der Waals surface area contributed by atoms with Gasteiger partial charge in [0, 0.05) is 22.0 Å². The summed E-state index contributed by atoms with van der Waals surface area (Å²) in [6.45, 7) is 0. The summed E-state index contributed by atoms with van der Waals surface area (Å²) in [6, 6.07) is 9.51. The Kier molecular flexibility index (Phi) is 3.82. The highest BCUT2D eigenvalue weighted by Gasteiger charge is 2.18. The molecular formula is C18H17N3O2S. The third kappa shape index (κ3) is 2.69. The Labute approximate surface area is 143 Å². The van der Waals surface area contributed by atoms with Crippen LogP contribution in [0, 0.1) is 0 Å². The number of H-pyrrole nitrogens is 1. The Morgan fingerprint density at radius 2 is 1.83 bits per heavy atom. The van der Waals surface area contributed by atoms with Crippen LogP contribution in [0.4, 0.5) is 0 Å². The van der Waals surface area contributed by atoms with Gasteiger partial charge in [-0.2, -0.15) is 0 Å². The van der Waals surface area contributed by atoms with Crippen LogP contribution in [0.15, 0.2) is 36.5 Å². The fourth-order valence-corrected chi connectivity index (χ4v) is 4.25. The minimum Gasteiger partial charge on any atom is -0.360 e. The van der Waals surface area contributed by atoms with E-state index in [-0.39, 0.29) is 11.8 Å². The molecule has 4 rings (SSSR count). The minimum atomic E-state index is -0.331. The molecule has 6 heteroatoms. The van der Waals surface area contributed by atoms with Gasteiger partial charge >= 0.3 is 0 Å². The highest BCUT2D eigenvalue weighted by Crippen LogP contribution is 2.29. The molecule has 122 valence electrons. The van der Waals surface area contributed by atoms with Crippen molar-refractivity contribution in [2.45, 2.75) is 25.7 Å². The lowest BCUT2D eigenvalue weighted by molar-refractivity contribution is 0.0850. The molecule has 1 aromatic carbocycles. The number of hydrogen-bond donors (Lipinski definition) is 3. The van der Waals surface area contributed by atoms with Crippen molar-refractivity contribution in [1.82, 2.24) is 15.8 Å². The first-order valence-corrected chi connectivity index (χ1v) is 8.82. The first-order chi connectivity index (χ1) is 11.7. The van der Waals surface area contributed by atoms with E-state index in [0.717, 1.165) is 23.7 Å². The summed E-state index contributed by atoms with van der Waals surface area (Å²) in [7, 11) is 0. The highest BCUT2D eigenvalue weighted by atomic mass is 32.1. The first kappa shape index (κ1) is 15.0. The summed E-state index contributed by atoms with van der Waals surface area (Å²) in [5.41, 5.74) is 7.70. The number of para-hydroxylation sites is 1. The zero-order chi connectivity index (χ0) is 16.5. The molecule has 3 aromatic rings. The number of fused-ring (bicyclic) bond motifs is 2. The number of hydrogen-bond acceptors (Lipinski definition) is 3. The van der Waals surface area contributed by atoms with E-state index in [1.54, 1.807) is 6.20 Å². The van der Waals surface area contributed by atoms with Crippen LogP contribution >= 0.6 is 11.3 Å². The molecular weight excluding hydrogens is 322 g/mol. The first-order valence-electron chi connectivity index (χ1n) is 8.01. The van der Waals surface area contributed by atoms with Crippen LogP contribution in [-0.4, -0.2) is 16.8 Å². The van der Waals surface area contributed by atoms with E-state index in [0.29, 0.717) is 10.4 Å². The molecule has 1 aliphatic rings. The zero-order valence-corrected chi connectivity index (χ0v) is 13.8. The van der Waals surface area contributed by atoms with Crippen molar-refractivity contribution < 1.29 is 9.59 Å². The summed E-state index contributed by atoms with van der Waals surface area (Å²) in [4.78, 5) is 29.6. The van der Waals surface area contributed by atoms with Gasteiger partial charge in [-0.1, -0.05) is 18.2 Å². The second-order valence-electron chi connectivity index (χ2n) is 5.92. The lowest BCUT2D eigenvalue weighted by Crippen LogP contribution is -2.41. The number of rotatable bonds is 2. The molecule has 1 aliphatic carbocycles. The van der Waals surface area contributed by atoms with Crippen molar-refractivity contribution in [3.8, 4) is 0 Å². The second kappa shape index (κ2) is 6.13. The Morgan fingerprint density at radius 3 is 2.71 bits per heavy atom. The molecule has 0 spiro atoms. The second-order valence-corrected chi connectivity index (χ2v) is 7.06. The highest BCUT2D eigenvalue weighted by molar-refractivity contribution is 7.14. The Morgan fingerprint density at radius 1 is 1.04 bits per heavy atom. The van der Waals surface area contributed by atoms with E-state index >= 15 is 0 Å². The molecule has 2 heterocycles. The summed E-state index contributed by atoms with van der Waals surface area (Å²) in [5.74, 6) is -0.593. The standard InChI is InChI=1S/C18H17N3O2S/c22-17(13-10-19-14-7-3-2-6-12(13)14)20-21-18(23)16-9-11-5-1-4-8-15(11)24-16/h2-3,6-7,9-10,19H,1,4-5,8H2,(H,20,22)(H,21,23). The van der Waals surface area contributed by atoms with Crippen molar-refractivity contribution in [3.05, 3.63) is 57.4 Å². The van der Waals surface area contributed by atoms with E-state index in [9.17, 15) is 9.59 Å². The van der Waals surface area contributed by atoms with Gasteiger partial charge in [-0.3, -0.25) is 20.4 Å². The molecule has 0 atom stereocenters. The van der Waals surface area contributed by atoms with Crippen LogP contribution < -0.4 is 10.9 Å². The van der Waals surface area contributed by atoms with Crippen LogP contribution in [0.1, 0.15) is 43.3 Å². The summed E-state index contributed by atoms with van der Waals surface area (Å²) < 4.78 is 0. The number of benzene rings is 1. The lowest BCUT2D eigenvalue weighted by atomic mass is 9.99. The monoisotopic (exact) mass is 339 g/mol. The van der Waals surface area contributed by atoms with Gasteiger partial charge in [-0.05, 0) is 43.4 Å². The number of amides is 2. The Balaban J connectivity index is 1.45. The molecule has 24 heavy (non-hydrogen) atoms. The van der Waals surface area contributed by atoms with Crippen LogP contribution in [0.3, 0.4) is 0 Å². The molecule has 0 unspecified atom stereocenters. The maximum atomic E-state index is 12.3. The van der Waals surface area contributed by atoms with Gasteiger partial charge in [-0.25, -0.2) is 0 Å². The van der Waals surface area contributed by atoms with Gasteiger partial charge in [0.1, 0.15) is 0 Å². The van der Waals surface area contributed by atoms with E-state index in [1.165, 1.54) is 34.6 Å². The topological polar surface area (TPSA) is 74.0 Å². The maximum absolute atomic E-state index is 12.3. The zero-order valence-electron chi connectivity index (χ0n) is 13.0. The van der Waals surface area contributed by atoms with Crippen LogP contribution in [0.2, 0.25) is 0 Å². The number of aryl methyl sites for hydroxylation is 2. The van der Waals surface area contributed by atoms with Crippen molar-refractivity contribution >= 4 is 34.1 Å². The number of aromatic nitrogens is 1. The van der Waals surface area contributed by atoms with Crippen LogP contribution in [0.25, 0.3) is 10.9 Å². The van der Waals surface area contributed by atoms with E-state index in [2.05, 4.69) is 15.8 Å². The normalized spacial score (nSPS) is 13.5. The van der Waals surface area contributed by atoms with Gasteiger partial charge in [0.15, 0.2) is 0 Å². The molecule has 0 radical (unpaired) electrons. The maximum Gasteiger partial charge on any atom is 0.279 e. The van der Waals surface area contributed by atoms with E-state index in [1.807, 2.05) is 30.3 Å². The molecule has 0 aliphatic heterocycles. The number of carbonyl (C=O) groups excluding carboxylic acids is 2. The van der Waals surface area contributed by atoms with Gasteiger partial charge in [0.05, 0.1) is 10.4 Å². The number of carbonyl (C=O) groups is 2. The summed E-state index contributed by atoms with van der Waals surface area (Å²) in [6.07, 6.45) is 6.11. The average Bonchev–Trinajstić information content (AvgIpc) is 3.23. The fraction of sp³-hybridized carbons (Fsp3) is 0.222. The van der Waals surface area contributed by atoms with Crippen molar-refractivity contribution in [2.75, 3.05) is 0 Å². The van der Waals surface area contributed by atoms with E-state index < -0.39 is 0 Å². The Bertz CT molecular complexity index is 902. The Hall–Kier alpha value is -2.60. The van der Waals surface area contributed by atoms with E-state index in [4.69, 9.17) is 0 Å². The molecule has 0 saturated heterocycles. The third-order valence-corrected chi connectivity index (χ3v) is 5.58. The quantitative estimate of drug-likeness (QED) is 0.627. The molecule has 5 nitrogen and oxygen atoms in total. The molecule has 2 aromatic heterocycles. The summed E-state index contributed by atoms with van der Waals surface area (Å²) in [5, 5.41) is 0.829. The third-order valence-electron chi connectivity index (χ3n) is 4.34. The molecule has 0 bridgehead atoms.